The topological polar surface area (TPSA) is 66.9 Å². The molecular formula is C16H24N2O4S. The Morgan fingerprint density at radius 1 is 1.22 bits per heavy atom. The molecule has 0 N–H and O–H groups in total. The fraction of sp³-hybridized carbons (Fsp3) is 0.562. The highest BCUT2D eigenvalue weighted by Crippen LogP contribution is 2.28. The van der Waals surface area contributed by atoms with Crippen molar-refractivity contribution in [2.75, 3.05) is 43.9 Å². The molecular weight excluding hydrogens is 316 g/mol. The van der Waals surface area contributed by atoms with Crippen LogP contribution in [0.2, 0.25) is 0 Å². The zero-order valence-corrected chi connectivity index (χ0v) is 14.7. The first kappa shape index (κ1) is 17.6. The Morgan fingerprint density at radius 3 is 2.39 bits per heavy atom. The summed E-state index contributed by atoms with van der Waals surface area (Å²) in [5, 5.41) is -0.982. The highest BCUT2D eigenvalue weighted by Gasteiger charge is 2.30. The predicted octanol–water partition coefficient (Wildman–Crippen LogP) is 1.17. The summed E-state index contributed by atoms with van der Waals surface area (Å²) >= 11 is 0. The molecule has 0 radical (unpaired) electrons. The van der Waals surface area contributed by atoms with Crippen LogP contribution in [0.5, 0.6) is 5.75 Å². The van der Waals surface area contributed by atoms with Gasteiger partial charge in [0.1, 0.15) is 11.0 Å². The number of benzene rings is 1. The second-order valence-electron chi connectivity index (χ2n) is 5.68. The zero-order valence-electron chi connectivity index (χ0n) is 13.9. The molecule has 1 aromatic rings. The number of amides is 1. The lowest BCUT2D eigenvalue weighted by atomic mass is 10.2. The molecule has 128 valence electrons. The summed E-state index contributed by atoms with van der Waals surface area (Å²) in [7, 11) is -3.36. The van der Waals surface area contributed by atoms with Gasteiger partial charge in [-0.15, -0.1) is 0 Å². The SMILES string of the molecule is CCOc1ccccc1N1CCN(C(=O)[C@H](C)S(C)(=O)=O)CC1. The van der Waals surface area contributed by atoms with Crippen LogP contribution >= 0.6 is 0 Å². The van der Waals surface area contributed by atoms with E-state index in [1.807, 2.05) is 31.2 Å². The molecule has 1 saturated heterocycles. The summed E-state index contributed by atoms with van der Waals surface area (Å²) in [6.45, 7) is 6.34. The summed E-state index contributed by atoms with van der Waals surface area (Å²) in [5.41, 5.74) is 1.01. The maximum atomic E-state index is 12.3. The van der Waals surface area contributed by atoms with E-state index in [2.05, 4.69) is 4.90 Å². The van der Waals surface area contributed by atoms with Crippen molar-refractivity contribution in [3.8, 4) is 5.75 Å². The minimum atomic E-state index is -3.36. The maximum Gasteiger partial charge on any atom is 0.240 e. The fourth-order valence-electron chi connectivity index (χ4n) is 2.60. The van der Waals surface area contributed by atoms with Gasteiger partial charge in [0.05, 0.1) is 12.3 Å². The zero-order chi connectivity index (χ0) is 17.0. The number of sulfone groups is 1. The van der Waals surface area contributed by atoms with Crippen LogP contribution in [0.3, 0.4) is 0 Å². The molecule has 23 heavy (non-hydrogen) atoms. The molecule has 7 heteroatoms. The van der Waals surface area contributed by atoms with Gasteiger partial charge in [-0.25, -0.2) is 8.42 Å². The Balaban J connectivity index is 2.03. The number of carbonyl (C=O) groups excluding carboxylic acids is 1. The number of carbonyl (C=O) groups is 1. The largest absolute Gasteiger partial charge is 0.492 e. The van der Waals surface area contributed by atoms with Crippen LogP contribution < -0.4 is 9.64 Å². The normalized spacial score (nSPS) is 17.0. The van der Waals surface area contributed by atoms with Gasteiger partial charge in [0.2, 0.25) is 5.91 Å². The molecule has 1 amide bonds. The van der Waals surface area contributed by atoms with E-state index in [1.165, 1.54) is 6.92 Å². The lowest BCUT2D eigenvalue weighted by Crippen LogP contribution is -2.52. The number of nitrogens with zero attached hydrogens (tertiary/aromatic N) is 2. The first-order chi connectivity index (χ1) is 10.8. The molecule has 2 rings (SSSR count). The molecule has 6 nitrogen and oxygen atoms in total. The Bertz CT molecular complexity index is 652. The van der Waals surface area contributed by atoms with Crippen LogP contribution in [0.4, 0.5) is 5.69 Å². The molecule has 1 atom stereocenters. The fourth-order valence-corrected chi connectivity index (χ4v) is 3.12. The molecule has 0 bridgehead atoms. The van der Waals surface area contributed by atoms with E-state index in [0.717, 1.165) is 17.7 Å². The minimum absolute atomic E-state index is 0.315. The van der Waals surface area contributed by atoms with Crippen molar-refractivity contribution < 1.29 is 17.9 Å². The van der Waals surface area contributed by atoms with Gasteiger partial charge in [-0.1, -0.05) is 12.1 Å². The smallest absolute Gasteiger partial charge is 0.240 e. The third-order valence-electron chi connectivity index (χ3n) is 4.09. The summed E-state index contributed by atoms with van der Waals surface area (Å²) in [4.78, 5) is 16.1. The van der Waals surface area contributed by atoms with E-state index in [4.69, 9.17) is 4.74 Å². The van der Waals surface area contributed by atoms with Crippen molar-refractivity contribution in [2.24, 2.45) is 0 Å². The Labute approximate surface area is 137 Å². The number of piperazine rings is 1. The molecule has 1 fully saturated rings. The van der Waals surface area contributed by atoms with Crippen molar-refractivity contribution in [1.29, 1.82) is 0 Å². The van der Waals surface area contributed by atoms with Crippen molar-refractivity contribution in [3.05, 3.63) is 24.3 Å². The number of ether oxygens (including phenoxy) is 1. The maximum absolute atomic E-state index is 12.3. The van der Waals surface area contributed by atoms with Crippen LogP contribution in [0.1, 0.15) is 13.8 Å². The monoisotopic (exact) mass is 340 g/mol. The third kappa shape index (κ3) is 4.16. The molecule has 1 aromatic carbocycles. The van der Waals surface area contributed by atoms with Crippen LogP contribution in [-0.4, -0.2) is 63.5 Å². The van der Waals surface area contributed by atoms with Crippen LogP contribution in [0.25, 0.3) is 0 Å². The van der Waals surface area contributed by atoms with Crippen molar-refractivity contribution in [3.63, 3.8) is 0 Å². The molecule has 1 aliphatic rings. The number of anilines is 1. The number of para-hydroxylation sites is 2. The third-order valence-corrected chi connectivity index (χ3v) is 5.57. The van der Waals surface area contributed by atoms with Gasteiger partial charge < -0.3 is 14.5 Å². The lowest BCUT2D eigenvalue weighted by molar-refractivity contribution is -0.130. The Hall–Kier alpha value is -1.76. The summed E-state index contributed by atoms with van der Waals surface area (Å²) in [6, 6.07) is 7.83. The quantitative estimate of drug-likeness (QED) is 0.805. The van der Waals surface area contributed by atoms with Gasteiger partial charge in [-0.2, -0.15) is 0 Å². The average molecular weight is 340 g/mol. The van der Waals surface area contributed by atoms with Crippen LogP contribution in [0, 0.1) is 0 Å². The van der Waals surface area contributed by atoms with E-state index in [9.17, 15) is 13.2 Å². The second kappa shape index (κ2) is 7.21. The highest BCUT2D eigenvalue weighted by atomic mass is 32.2. The number of hydrogen-bond donors (Lipinski definition) is 0. The van der Waals surface area contributed by atoms with E-state index in [0.29, 0.717) is 32.8 Å². The van der Waals surface area contributed by atoms with Crippen LogP contribution in [-0.2, 0) is 14.6 Å². The van der Waals surface area contributed by atoms with Gasteiger partial charge in [0.25, 0.3) is 0 Å². The van der Waals surface area contributed by atoms with Crippen molar-refractivity contribution in [2.45, 2.75) is 19.1 Å². The summed E-state index contributed by atoms with van der Waals surface area (Å²) < 4.78 is 28.7. The minimum Gasteiger partial charge on any atom is -0.492 e. The number of rotatable bonds is 5. The molecule has 0 saturated carbocycles. The van der Waals surface area contributed by atoms with Crippen LogP contribution in [0.15, 0.2) is 24.3 Å². The average Bonchev–Trinajstić information content (AvgIpc) is 2.54. The van der Waals surface area contributed by atoms with Gasteiger partial charge in [0.15, 0.2) is 9.84 Å². The summed E-state index contributed by atoms with van der Waals surface area (Å²) in [6.07, 6.45) is 1.10. The highest BCUT2D eigenvalue weighted by molar-refractivity contribution is 7.92. The lowest BCUT2D eigenvalue weighted by Gasteiger charge is -2.37. The Kier molecular flexibility index (Phi) is 5.51. The summed E-state index contributed by atoms with van der Waals surface area (Å²) in [5.74, 6) is 0.518. The molecule has 0 unspecified atom stereocenters. The van der Waals surface area contributed by atoms with E-state index >= 15 is 0 Å². The molecule has 1 heterocycles. The van der Waals surface area contributed by atoms with Crippen molar-refractivity contribution >= 4 is 21.4 Å². The molecule has 0 spiro atoms. The van der Waals surface area contributed by atoms with Gasteiger partial charge >= 0.3 is 0 Å². The predicted molar refractivity (Wildman–Crippen MR) is 90.7 cm³/mol. The Morgan fingerprint density at radius 2 is 1.83 bits per heavy atom. The first-order valence-electron chi connectivity index (χ1n) is 7.79. The first-order valence-corrected chi connectivity index (χ1v) is 9.74. The van der Waals surface area contributed by atoms with E-state index in [-0.39, 0.29) is 5.91 Å². The molecule has 0 aliphatic carbocycles. The number of hydrogen-bond acceptors (Lipinski definition) is 5. The van der Waals surface area contributed by atoms with E-state index < -0.39 is 15.1 Å². The molecule has 0 aromatic heterocycles. The van der Waals surface area contributed by atoms with Gasteiger partial charge in [-0.3, -0.25) is 4.79 Å². The second-order valence-corrected chi connectivity index (χ2v) is 8.05. The van der Waals surface area contributed by atoms with E-state index in [1.54, 1.807) is 4.90 Å². The van der Waals surface area contributed by atoms with Gasteiger partial charge in [-0.05, 0) is 26.0 Å². The van der Waals surface area contributed by atoms with Gasteiger partial charge in [0, 0.05) is 32.4 Å². The van der Waals surface area contributed by atoms with Crippen molar-refractivity contribution in [1.82, 2.24) is 4.90 Å². The molecule has 1 aliphatic heterocycles. The standard InChI is InChI=1S/C16H24N2O4S/c1-4-22-15-8-6-5-7-14(15)17-9-11-18(12-10-17)16(19)13(2)23(3,20)21/h5-8,13H,4,9-12H2,1-3H3/t13-/m0/s1.